The fraction of sp³-hybridized carbons (Fsp3) is 0.875. The van der Waals surface area contributed by atoms with Gasteiger partial charge in [-0.15, -0.1) is 0 Å². The average molecular weight is 181 g/mol. The predicted octanol–water partition coefficient (Wildman–Crippen LogP) is 0.111. The van der Waals surface area contributed by atoms with E-state index in [9.17, 15) is 4.79 Å². The summed E-state index contributed by atoms with van der Waals surface area (Å²) in [7, 11) is 5.11. The van der Waals surface area contributed by atoms with Gasteiger partial charge in [0.05, 0.1) is 12.6 Å². The molecule has 13 heavy (non-hydrogen) atoms. The van der Waals surface area contributed by atoms with Crippen molar-refractivity contribution in [3.8, 4) is 0 Å². The number of rotatable bonds is 1. The van der Waals surface area contributed by atoms with E-state index >= 15 is 0 Å². The normalized spacial score (nSPS) is 36.3. The highest BCUT2D eigenvalue weighted by molar-refractivity contribution is 6.57. The Balaban J connectivity index is 1.89. The van der Waals surface area contributed by atoms with Crippen LogP contribution in [0.2, 0.25) is 0 Å². The van der Waals surface area contributed by atoms with Crippen molar-refractivity contribution in [2.45, 2.75) is 31.8 Å². The van der Waals surface area contributed by atoms with Crippen molar-refractivity contribution in [1.82, 2.24) is 4.90 Å². The van der Waals surface area contributed by atoms with Crippen LogP contribution >= 0.6 is 0 Å². The summed E-state index contributed by atoms with van der Waals surface area (Å²) in [6.07, 6.45) is -0.0116. The van der Waals surface area contributed by atoms with E-state index in [0.717, 1.165) is 0 Å². The molecule has 2 fully saturated rings. The third-order valence-electron chi connectivity index (χ3n) is 2.39. The number of hydrogen-bond donors (Lipinski definition) is 0. The molecule has 2 radical (unpaired) electrons. The van der Waals surface area contributed by atoms with Crippen molar-refractivity contribution < 1.29 is 14.3 Å². The van der Waals surface area contributed by atoms with Crippen LogP contribution in [0, 0.1) is 0 Å². The lowest BCUT2D eigenvalue weighted by Gasteiger charge is -2.16. The molecule has 0 bridgehead atoms. The molecule has 0 spiro atoms. The lowest BCUT2D eigenvalue weighted by atomic mass is 10.1. The molecule has 0 aromatic heterocycles. The Bertz CT molecular complexity index is 244. The number of amides is 1. The third kappa shape index (κ3) is 1.71. The van der Waals surface area contributed by atoms with E-state index < -0.39 is 5.79 Å². The summed E-state index contributed by atoms with van der Waals surface area (Å²) in [5.74, 6) is -0.894. The van der Waals surface area contributed by atoms with Gasteiger partial charge in [-0.25, -0.2) is 0 Å². The standard InChI is InChI=1S/C8H12BNO3/c1-8(2)12-4-6(13-8)5-3-10(5)7(9)11/h5-6H,3-4H2,1-2H3/t5-,6+,10?/m0/s1. The second-order valence-electron chi connectivity index (χ2n) is 3.93. The van der Waals surface area contributed by atoms with E-state index in [1.165, 1.54) is 0 Å². The summed E-state index contributed by atoms with van der Waals surface area (Å²) >= 11 is 0. The molecule has 0 aromatic rings. The smallest absolute Gasteiger partial charge is 0.200 e. The molecule has 0 aromatic carbocycles. The van der Waals surface area contributed by atoms with Gasteiger partial charge in [0.1, 0.15) is 6.10 Å². The molecule has 0 saturated carbocycles. The van der Waals surface area contributed by atoms with Crippen LogP contribution in [0.1, 0.15) is 13.8 Å². The van der Waals surface area contributed by atoms with Crippen LogP contribution in [0.25, 0.3) is 0 Å². The Morgan fingerprint density at radius 2 is 2.31 bits per heavy atom. The highest BCUT2D eigenvalue weighted by Gasteiger charge is 2.48. The summed E-state index contributed by atoms with van der Waals surface area (Å²) < 4.78 is 11.0. The van der Waals surface area contributed by atoms with Crippen LogP contribution in [0.4, 0.5) is 4.79 Å². The van der Waals surface area contributed by atoms with Crippen molar-refractivity contribution in [2.75, 3.05) is 13.2 Å². The molecule has 5 heteroatoms. The molecule has 2 saturated heterocycles. The molecule has 2 rings (SSSR count). The van der Waals surface area contributed by atoms with Crippen molar-refractivity contribution >= 4 is 13.7 Å². The van der Waals surface area contributed by atoms with E-state index in [-0.39, 0.29) is 18.0 Å². The fourth-order valence-electron chi connectivity index (χ4n) is 1.63. The van der Waals surface area contributed by atoms with Gasteiger partial charge in [-0.2, -0.15) is 0 Å². The Labute approximate surface area is 78.6 Å². The molecule has 2 heterocycles. The average Bonchev–Trinajstić information content (AvgIpc) is 2.71. The minimum Gasteiger partial charge on any atom is -0.348 e. The van der Waals surface area contributed by atoms with E-state index in [1.807, 2.05) is 13.8 Å². The van der Waals surface area contributed by atoms with Crippen LogP contribution in [-0.4, -0.2) is 49.6 Å². The highest BCUT2D eigenvalue weighted by Crippen LogP contribution is 2.31. The van der Waals surface area contributed by atoms with Crippen molar-refractivity contribution in [1.29, 1.82) is 0 Å². The van der Waals surface area contributed by atoms with E-state index in [0.29, 0.717) is 13.2 Å². The Morgan fingerprint density at radius 1 is 1.62 bits per heavy atom. The fourth-order valence-corrected chi connectivity index (χ4v) is 1.63. The highest BCUT2D eigenvalue weighted by atomic mass is 16.7. The first kappa shape index (κ1) is 9.03. The first-order valence-corrected chi connectivity index (χ1v) is 4.37. The van der Waals surface area contributed by atoms with Crippen LogP contribution in [0.5, 0.6) is 0 Å². The van der Waals surface area contributed by atoms with Gasteiger partial charge in [0, 0.05) is 6.54 Å². The SMILES string of the molecule is [B]C(=O)N1C[C@H]1[C@H]1COC(C)(C)O1. The van der Waals surface area contributed by atoms with Crippen molar-refractivity contribution in [3.05, 3.63) is 0 Å². The van der Waals surface area contributed by atoms with E-state index in [4.69, 9.17) is 17.3 Å². The molecule has 0 unspecified atom stereocenters. The zero-order valence-corrected chi connectivity index (χ0v) is 7.82. The molecule has 4 nitrogen and oxygen atoms in total. The topological polar surface area (TPSA) is 38.5 Å². The van der Waals surface area contributed by atoms with Gasteiger partial charge in [0.25, 0.3) is 0 Å². The maximum Gasteiger partial charge on any atom is 0.200 e. The molecule has 0 aliphatic carbocycles. The molecule has 70 valence electrons. The number of carbonyl (C=O) groups excluding carboxylic acids is 1. The maximum absolute atomic E-state index is 10.7. The molecule has 2 aliphatic heterocycles. The first-order chi connectivity index (χ1) is 5.99. The Hall–Kier alpha value is -0.545. The summed E-state index contributed by atoms with van der Waals surface area (Å²) in [6, 6.07) is 0.124. The van der Waals surface area contributed by atoms with E-state index in [2.05, 4.69) is 0 Å². The zero-order valence-electron chi connectivity index (χ0n) is 7.82. The maximum atomic E-state index is 10.7. The van der Waals surface area contributed by atoms with Crippen LogP contribution < -0.4 is 0 Å². The monoisotopic (exact) mass is 181 g/mol. The summed E-state index contributed by atoms with van der Waals surface area (Å²) in [5.41, 5.74) is 0. The molecular weight excluding hydrogens is 169 g/mol. The van der Waals surface area contributed by atoms with Gasteiger partial charge in [-0.05, 0) is 13.8 Å². The van der Waals surface area contributed by atoms with Crippen molar-refractivity contribution in [3.63, 3.8) is 0 Å². The quantitative estimate of drug-likeness (QED) is 0.425. The molecule has 2 aliphatic rings. The predicted molar refractivity (Wildman–Crippen MR) is 46.5 cm³/mol. The first-order valence-electron chi connectivity index (χ1n) is 4.37. The molecular formula is C8H12BNO3. The summed E-state index contributed by atoms with van der Waals surface area (Å²) in [6.45, 7) is 4.97. The third-order valence-corrected chi connectivity index (χ3v) is 2.39. The van der Waals surface area contributed by atoms with Gasteiger partial charge < -0.3 is 14.4 Å². The van der Waals surface area contributed by atoms with Crippen LogP contribution in [0.3, 0.4) is 0 Å². The molecule has 2 atom stereocenters. The van der Waals surface area contributed by atoms with Gasteiger partial charge >= 0.3 is 0 Å². The molecule has 1 amide bonds. The second-order valence-corrected chi connectivity index (χ2v) is 3.93. The number of hydrogen-bond acceptors (Lipinski definition) is 3. The van der Waals surface area contributed by atoms with Gasteiger partial charge in [-0.1, -0.05) is 0 Å². The zero-order chi connectivity index (χ0) is 9.64. The number of nitrogens with zero attached hydrogens (tertiary/aromatic N) is 1. The van der Waals surface area contributed by atoms with Crippen LogP contribution in [-0.2, 0) is 9.47 Å². The van der Waals surface area contributed by atoms with Gasteiger partial charge in [0.15, 0.2) is 11.6 Å². The minimum atomic E-state index is -0.517. The molecule has 0 N–H and O–H groups in total. The lowest BCUT2D eigenvalue weighted by molar-refractivity contribution is -0.138. The summed E-state index contributed by atoms with van der Waals surface area (Å²) in [5, 5.41) is 0. The van der Waals surface area contributed by atoms with Crippen molar-refractivity contribution in [2.24, 2.45) is 0 Å². The Morgan fingerprint density at radius 3 is 2.69 bits per heavy atom. The number of ether oxygens (including phenoxy) is 2. The second kappa shape index (κ2) is 2.72. The lowest BCUT2D eigenvalue weighted by Crippen LogP contribution is -2.27. The minimum absolute atomic E-state index is 0.0116. The summed E-state index contributed by atoms with van der Waals surface area (Å²) in [4.78, 5) is 12.3. The van der Waals surface area contributed by atoms with Gasteiger partial charge in [0.2, 0.25) is 7.85 Å². The largest absolute Gasteiger partial charge is 0.348 e. The Kier molecular flexibility index (Phi) is 1.89. The number of carbonyl (C=O) groups is 1. The van der Waals surface area contributed by atoms with Crippen LogP contribution in [0.15, 0.2) is 0 Å². The van der Waals surface area contributed by atoms with Gasteiger partial charge in [-0.3, -0.25) is 4.79 Å². The van der Waals surface area contributed by atoms with E-state index in [1.54, 1.807) is 4.90 Å².